The first-order valence-corrected chi connectivity index (χ1v) is 9.28. The van der Waals surface area contributed by atoms with Crippen LogP contribution in [0.1, 0.15) is 27.3 Å². The number of nitrogens with zero attached hydrogens (tertiary/aromatic N) is 2. The third-order valence-electron chi connectivity index (χ3n) is 4.53. The number of benzene rings is 2. The van der Waals surface area contributed by atoms with E-state index >= 15 is 0 Å². The Hall–Kier alpha value is -3.35. The maximum atomic E-state index is 13.1. The highest BCUT2D eigenvalue weighted by molar-refractivity contribution is 5.92. The largest absolute Gasteiger partial charge is 0.493 e. The van der Waals surface area contributed by atoms with E-state index in [0.717, 1.165) is 16.8 Å². The van der Waals surface area contributed by atoms with Gasteiger partial charge in [-0.3, -0.25) is 9.48 Å². The summed E-state index contributed by atoms with van der Waals surface area (Å²) in [4.78, 5) is 12.7. The summed E-state index contributed by atoms with van der Waals surface area (Å²) in [5, 5.41) is 7.32. The second kappa shape index (κ2) is 9.23. The summed E-state index contributed by atoms with van der Waals surface area (Å²) in [7, 11) is 3.18. The molecule has 0 fully saturated rings. The van der Waals surface area contributed by atoms with E-state index < -0.39 is 0 Å². The molecule has 0 saturated heterocycles. The standard InChI is InChI=1S/C22H24FN3O3/c1-15-12-19(26(25-15)14-17-4-7-18(23)8-5-17)22(27)24-11-10-16-6-9-20(28-2)21(13-16)29-3/h4-9,12-13H,10-11,14H2,1-3H3,(H,24,27). The zero-order valence-corrected chi connectivity index (χ0v) is 16.7. The summed E-state index contributed by atoms with van der Waals surface area (Å²) in [6, 6.07) is 13.6. The van der Waals surface area contributed by atoms with Crippen LogP contribution in [0.15, 0.2) is 48.5 Å². The molecule has 1 N–H and O–H groups in total. The number of hydrogen-bond donors (Lipinski definition) is 1. The molecule has 0 bridgehead atoms. The van der Waals surface area contributed by atoms with Crippen LogP contribution in [0.25, 0.3) is 0 Å². The highest BCUT2D eigenvalue weighted by atomic mass is 19.1. The van der Waals surface area contributed by atoms with Gasteiger partial charge in [-0.15, -0.1) is 0 Å². The van der Waals surface area contributed by atoms with E-state index in [-0.39, 0.29) is 11.7 Å². The van der Waals surface area contributed by atoms with Gasteiger partial charge in [0.05, 0.1) is 26.5 Å². The van der Waals surface area contributed by atoms with Gasteiger partial charge in [-0.05, 0) is 54.8 Å². The molecule has 29 heavy (non-hydrogen) atoms. The molecular weight excluding hydrogens is 373 g/mol. The summed E-state index contributed by atoms with van der Waals surface area (Å²) < 4.78 is 25.3. The van der Waals surface area contributed by atoms with E-state index in [9.17, 15) is 9.18 Å². The molecule has 0 aliphatic rings. The molecule has 0 radical (unpaired) electrons. The van der Waals surface area contributed by atoms with E-state index in [2.05, 4.69) is 10.4 Å². The smallest absolute Gasteiger partial charge is 0.269 e. The molecule has 6 nitrogen and oxygen atoms in total. The maximum absolute atomic E-state index is 13.1. The number of ether oxygens (including phenoxy) is 2. The molecule has 1 aromatic heterocycles. The molecule has 0 unspecified atom stereocenters. The van der Waals surface area contributed by atoms with Crippen molar-refractivity contribution < 1.29 is 18.7 Å². The fraction of sp³-hybridized carbons (Fsp3) is 0.273. The second-order valence-corrected chi connectivity index (χ2v) is 6.65. The van der Waals surface area contributed by atoms with Crippen LogP contribution >= 0.6 is 0 Å². The number of hydrogen-bond acceptors (Lipinski definition) is 4. The number of rotatable bonds is 8. The zero-order valence-electron chi connectivity index (χ0n) is 16.7. The van der Waals surface area contributed by atoms with Crippen LogP contribution in [0.4, 0.5) is 4.39 Å². The van der Waals surface area contributed by atoms with E-state index in [0.29, 0.717) is 36.7 Å². The lowest BCUT2D eigenvalue weighted by Gasteiger charge is -2.11. The summed E-state index contributed by atoms with van der Waals surface area (Å²) in [6.07, 6.45) is 0.650. The highest BCUT2D eigenvalue weighted by Gasteiger charge is 2.14. The fourth-order valence-corrected chi connectivity index (χ4v) is 3.06. The van der Waals surface area contributed by atoms with E-state index in [1.165, 1.54) is 12.1 Å². The SMILES string of the molecule is COc1ccc(CCNC(=O)c2cc(C)nn2Cc2ccc(F)cc2)cc1OC. The number of halogens is 1. The molecule has 3 rings (SSSR count). The van der Waals surface area contributed by atoms with Gasteiger partial charge in [0.25, 0.3) is 5.91 Å². The van der Waals surface area contributed by atoms with Gasteiger partial charge in [0.2, 0.25) is 0 Å². The van der Waals surface area contributed by atoms with E-state index in [4.69, 9.17) is 9.47 Å². The second-order valence-electron chi connectivity index (χ2n) is 6.65. The Bertz CT molecular complexity index is 983. The first kappa shape index (κ1) is 20.4. The minimum absolute atomic E-state index is 0.201. The molecule has 0 aliphatic carbocycles. The average Bonchev–Trinajstić information content (AvgIpc) is 3.09. The van der Waals surface area contributed by atoms with Crippen molar-refractivity contribution in [3.05, 3.63) is 76.9 Å². The number of methoxy groups -OCH3 is 2. The van der Waals surface area contributed by atoms with Crippen molar-refractivity contribution >= 4 is 5.91 Å². The number of amides is 1. The quantitative estimate of drug-likeness (QED) is 0.633. The Morgan fingerprint density at radius 1 is 1.03 bits per heavy atom. The van der Waals surface area contributed by atoms with Crippen LogP contribution in [0.5, 0.6) is 11.5 Å². The van der Waals surface area contributed by atoms with Crippen LogP contribution in [0.2, 0.25) is 0 Å². The molecule has 1 amide bonds. The Morgan fingerprint density at radius 3 is 2.41 bits per heavy atom. The van der Waals surface area contributed by atoms with Crippen LogP contribution in [-0.2, 0) is 13.0 Å². The topological polar surface area (TPSA) is 65.4 Å². The summed E-state index contributed by atoms with van der Waals surface area (Å²) in [5.41, 5.74) is 3.11. The Labute approximate surface area is 169 Å². The minimum atomic E-state index is -0.293. The van der Waals surface area contributed by atoms with Crippen molar-refractivity contribution in [1.82, 2.24) is 15.1 Å². The average molecular weight is 397 g/mol. The third-order valence-corrected chi connectivity index (χ3v) is 4.53. The predicted octanol–water partition coefficient (Wildman–Crippen LogP) is 3.37. The van der Waals surface area contributed by atoms with Gasteiger partial charge in [-0.2, -0.15) is 5.10 Å². The van der Waals surface area contributed by atoms with Crippen molar-refractivity contribution in [3.63, 3.8) is 0 Å². The van der Waals surface area contributed by atoms with Crippen LogP contribution in [0, 0.1) is 12.7 Å². The zero-order chi connectivity index (χ0) is 20.8. The monoisotopic (exact) mass is 397 g/mol. The molecule has 152 valence electrons. The number of aryl methyl sites for hydroxylation is 1. The molecule has 3 aromatic rings. The van der Waals surface area contributed by atoms with Crippen molar-refractivity contribution in [2.75, 3.05) is 20.8 Å². The van der Waals surface area contributed by atoms with Gasteiger partial charge < -0.3 is 14.8 Å². The molecule has 1 heterocycles. The lowest BCUT2D eigenvalue weighted by molar-refractivity contribution is 0.0944. The van der Waals surface area contributed by atoms with Gasteiger partial charge in [0.1, 0.15) is 11.5 Å². The number of nitrogens with one attached hydrogen (secondary N) is 1. The van der Waals surface area contributed by atoms with E-state index in [1.54, 1.807) is 37.1 Å². The van der Waals surface area contributed by atoms with Gasteiger partial charge >= 0.3 is 0 Å². The molecule has 0 saturated carbocycles. The van der Waals surface area contributed by atoms with Crippen molar-refractivity contribution in [2.45, 2.75) is 19.9 Å². The van der Waals surface area contributed by atoms with Crippen LogP contribution in [-0.4, -0.2) is 36.5 Å². The lowest BCUT2D eigenvalue weighted by atomic mass is 10.1. The number of carbonyl (C=O) groups excluding carboxylic acids is 1. The molecular formula is C22H24FN3O3. The molecule has 0 aliphatic heterocycles. The Morgan fingerprint density at radius 2 is 1.72 bits per heavy atom. The first-order chi connectivity index (χ1) is 14.0. The van der Waals surface area contributed by atoms with Crippen LogP contribution in [0.3, 0.4) is 0 Å². The van der Waals surface area contributed by atoms with Gasteiger partial charge in [0, 0.05) is 6.54 Å². The molecule has 0 spiro atoms. The fourth-order valence-electron chi connectivity index (χ4n) is 3.06. The first-order valence-electron chi connectivity index (χ1n) is 9.28. The predicted molar refractivity (Wildman–Crippen MR) is 108 cm³/mol. The number of aromatic nitrogens is 2. The lowest BCUT2D eigenvalue weighted by Crippen LogP contribution is -2.28. The van der Waals surface area contributed by atoms with Crippen LogP contribution < -0.4 is 14.8 Å². The summed E-state index contributed by atoms with van der Waals surface area (Å²) in [6.45, 7) is 2.70. The molecule has 0 atom stereocenters. The third kappa shape index (κ3) is 5.13. The minimum Gasteiger partial charge on any atom is -0.493 e. The van der Waals surface area contributed by atoms with Gasteiger partial charge in [-0.1, -0.05) is 18.2 Å². The molecule has 7 heteroatoms. The highest BCUT2D eigenvalue weighted by Crippen LogP contribution is 2.27. The summed E-state index contributed by atoms with van der Waals surface area (Å²) >= 11 is 0. The Kier molecular flexibility index (Phi) is 6.49. The van der Waals surface area contributed by atoms with Gasteiger partial charge in [0.15, 0.2) is 11.5 Å². The Balaban J connectivity index is 1.63. The van der Waals surface area contributed by atoms with Gasteiger partial charge in [-0.25, -0.2) is 4.39 Å². The number of carbonyl (C=O) groups is 1. The molecule has 2 aromatic carbocycles. The van der Waals surface area contributed by atoms with Crippen molar-refractivity contribution in [3.8, 4) is 11.5 Å². The normalized spacial score (nSPS) is 10.6. The van der Waals surface area contributed by atoms with Crippen molar-refractivity contribution in [1.29, 1.82) is 0 Å². The summed E-state index contributed by atoms with van der Waals surface area (Å²) in [5.74, 6) is 0.830. The maximum Gasteiger partial charge on any atom is 0.269 e. The van der Waals surface area contributed by atoms with E-state index in [1.807, 2.05) is 25.1 Å². The van der Waals surface area contributed by atoms with Crippen molar-refractivity contribution in [2.24, 2.45) is 0 Å².